The van der Waals surface area contributed by atoms with Gasteiger partial charge in [0.15, 0.2) is 4.96 Å². The second-order valence-electron chi connectivity index (χ2n) is 4.14. The molecule has 0 fully saturated rings. The van der Waals surface area contributed by atoms with Gasteiger partial charge in [-0.3, -0.25) is 4.40 Å². The maximum atomic E-state index is 4.34. The summed E-state index contributed by atoms with van der Waals surface area (Å²) in [5.74, 6) is 0. The highest BCUT2D eigenvalue weighted by molar-refractivity contribution is 7.17. The van der Waals surface area contributed by atoms with Crippen LogP contribution in [0.5, 0.6) is 0 Å². The molecule has 0 N–H and O–H groups in total. The van der Waals surface area contributed by atoms with E-state index in [9.17, 15) is 0 Å². The lowest BCUT2D eigenvalue weighted by Gasteiger charge is -2.03. The summed E-state index contributed by atoms with van der Waals surface area (Å²) in [7, 11) is 0. The van der Waals surface area contributed by atoms with Crippen LogP contribution in [0.25, 0.3) is 16.2 Å². The fourth-order valence-corrected chi connectivity index (χ4v) is 3.08. The van der Waals surface area contributed by atoms with Gasteiger partial charge in [-0.1, -0.05) is 31.2 Å². The van der Waals surface area contributed by atoms with Crippen molar-refractivity contribution in [2.75, 3.05) is 0 Å². The van der Waals surface area contributed by atoms with Crippen molar-refractivity contribution < 1.29 is 0 Å². The third kappa shape index (κ3) is 1.67. The zero-order chi connectivity index (χ0) is 11.8. The topological polar surface area (TPSA) is 17.3 Å². The Morgan fingerprint density at radius 3 is 2.71 bits per heavy atom. The molecular weight excluding hydrogens is 228 g/mol. The first-order valence-electron chi connectivity index (χ1n) is 5.81. The minimum atomic E-state index is 1.07. The Morgan fingerprint density at radius 1 is 1.24 bits per heavy atom. The molecule has 0 spiro atoms. The first kappa shape index (κ1) is 10.5. The van der Waals surface area contributed by atoms with Gasteiger partial charge in [-0.25, -0.2) is 4.98 Å². The lowest BCUT2D eigenvalue weighted by Crippen LogP contribution is -1.87. The summed E-state index contributed by atoms with van der Waals surface area (Å²) in [6.07, 6.45) is 4.97. The zero-order valence-corrected chi connectivity index (χ0v) is 10.8. The Morgan fingerprint density at radius 2 is 2.00 bits per heavy atom. The number of hydrogen-bond acceptors (Lipinski definition) is 2. The van der Waals surface area contributed by atoms with E-state index in [1.807, 2.05) is 12.4 Å². The van der Waals surface area contributed by atoms with Crippen molar-refractivity contribution in [3.05, 3.63) is 47.1 Å². The van der Waals surface area contributed by atoms with Crippen molar-refractivity contribution in [3.63, 3.8) is 0 Å². The Balaban J connectivity index is 2.18. The smallest absolute Gasteiger partial charge is 0.194 e. The SMILES string of the molecule is CCc1ccc(-c2c(C)sc3nccn23)cc1. The van der Waals surface area contributed by atoms with Crippen LogP contribution in [-0.4, -0.2) is 9.38 Å². The summed E-state index contributed by atoms with van der Waals surface area (Å²) in [6, 6.07) is 8.81. The molecule has 0 amide bonds. The number of aryl methyl sites for hydroxylation is 2. The second kappa shape index (κ2) is 4.00. The molecular formula is C14H14N2S. The van der Waals surface area contributed by atoms with Crippen LogP contribution in [0.15, 0.2) is 36.7 Å². The van der Waals surface area contributed by atoms with Crippen LogP contribution in [-0.2, 0) is 6.42 Å². The van der Waals surface area contributed by atoms with Crippen LogP contribution in [0.3, 0.4) is 0 Å². The number of nitrogens with zero attached hydrogens (tertiary/aromatic N) is 2. The van der Waals surface area contributed by atoms with E-state index in [0.29, 0.717) is 0 Å². The molecule has 3 aromatic rings. The Labute approximate surface area is 105 Å². The van der Waals surface area contributed by atoms with Gasteiger partial charge in [0.05, 0.1) is 5.69 Å². The molecule has 0 aliphatic heterocycles. The molecule has 17 heavy (non-hydrogen) atoms. The van der Waals surface area contributed by atoms with Crippen LogP contribution in [0.4, 0.5) is 0 Å². The molecule has 0 saturated carbocycles. The molecule has 0 bridgehead atoms. The number of imidazole rings is 1. The maximum Gasteiger partial charge on any atom is 0.194 e. The summed E-state index contributed by atoms with van der Waals surface area (Å²) >= 11 is 1.74. The lowest BCUT2D eigenvalue weighted by molar-refractivity contribution is 1.14. The van der Waals surface area contributed by atoms with Crippen molar-refractivity contribution in [3.8, 4) is 11.3 Å². The molecule has 0 radical (unpaired) electrons. The van der Waals surface area contributed by atoms with Gasteiger partial charge < -0.3 is 0 Å². The third-order valence-electron chi connectivity index (χ3n) is 3.06. The maximum absolute atomic E-state index is 4.34. The summed E-state index contributed by atoms with van der Waals surface area (Å²) < 4.78 is 2.17. The predicted molar refractivity (Wildman–Crippen MR) is 72.6 cm³/mol. The predicted octanol–water partition coefficient (Wildman–Crippen LogP) is 3.93. The van der Waals surface area contributed by atoms with Crippen LogP contribution < -0.4 is 0 Å². The van der Waals surface area contributed by atoms with E-state index in [-0.39, 0.29) is 0 Å². The van der Waals surface area contributed by atoms with Crippen molar-refractivity contribution in [2.45, 2.75) is 20.3 Å². The number of rotatable bonds is 2. The molecule has 0 atom stereocenters. The molecule has 86 valence electrons. The van der Waals surface area contributed by atoms with Crippen LogP contribution >= 0.6 is 11.3 Å². The summed E-state index contributed by atoms with van der Waals surface area (Å²) in [5, 5.41) is 0. The summed E-state index contributed by atoms with van der Waals surface area (Å²) in [5.41, 5.74) is 3.91. The number of benzene rings is 1. The normalized spacial score (nSPS) is 11.2. The van der Waals surface area contributed by atoms with Gasteiger partial charge in [0.2, 0.25) is 0 Å². The first-order chi connectivity index (χ1) is 8.29. The van der Waals surface area contributed by atoms with Gasteiger partial charge >= 0.3 is 0 Å². The van der Waals surface area contributed by atoms with Gasteiger partial charge in [-0.15, -0.1) is 11.3 Å². The van der Waals surface area contributed by atoms with E-state index in [4.69, 9.17) is 0 Å². The number of hydrogen-bond donors (Lipinski definition) is 0. The molecule has 1 aromatic carbocycles. The molecule has 2 nitrogen and oxygen atoms in total. The molecule has 0 aliphatic carbocycles. The van der Waals surface area contributed by atoms with E-state index in [0.717, 1.165) is 11.4 Å². The monoisotopic (exact) mass is 242 g/mol. The minimum absolute atomic E-state index is 1.07. The van der Waals surface area contributed by atoms with Gasteiger partial charge in [0, 0.05) is 17.3 Å². The highest BCUT2D eigenvalue weighted by atomic mass is 32.1. The van der Waals surface area contributed by atoms with Crippen molar-refractivity contribution >= 4 is 16.3 Å². The standard InChI is InChI=1S/C14H14N2S/c1-3-11-4-6-12(7-5-11)13-10(2)17-14-15-8-9-16(13)14/h4-9H,3H2,1-2H3. The summed E-state index contributed by atoms with van der Waals surface area (Å²) in [6.45, 7) is 4.33. The number of thiazole rings is 1. The molecule has 2 heterocycles. The van der Waals surface area contributed by atoms with E-state index < -0.39 is 0 Å². The average molecular weight is 242 g/mol. The highest BCUT2D eigenvalue weighted by Crippen LogP contribution is 2.30. The van der Waals surface area contributed by atoms with E-state index in [1.165, 1.54) is 21.7 Å². The van der Waals surface area contributed by atoms with Crippen molar-refractivity contribution in [2.24, 2.45) is 0 Å². The second-order valence-corrected chi connectivity index (χ2v) is 5.32. The molecule has 3 heteroatoms. The van der Waals surface area contributed by atoms with Crippen LogP contribution in [0.1, 0.15) is 17.4 Å². The highest BCUT2D eigenvalue weighted by Gasteiger charge is 2.10. The molecule has 0 unspecified atom stereocenters. The molecule has 0 aliphatic rings. The Bertz CT molecular complexity index is 646. The minimum Gasteiger partial charge on any atom is -0.290 e. The fraction of sp³-hybridized carbons (Fsp3) is 0.214. The Kier molecular flexibility index (Phi) is 2.48. The molecule has 2 aromatic heterocycles. The zero-order valence-electron chi connectivity index (χ0n) is 9.97. The summed E-state index contributed by atoms with van der Waals surface area (Å²) in [4.78, 5) is 6.72. The van der Waals surface area contributed by atoms with Gasteiger partial charge in [0.25, 0.3) is 0 Å². The molecule has 0 saturated heterocycles. The van der Waals surface area contributed by atoms with E-state index >= 15 is 0 Å². The van der Waals surface area contributed by atoms with E-state index in [2.05, 4.69) is 47.5 Å². The Hall–Kier alpha value is -1.61. The van der Waals surface area contributed by atoms with Crippen LogP contribution in [0, 0.1) is 6.92 Å². The fourth-order valence-electron chi connectivity index (χ4n) is 2.13. The van der Waals surface area contributed by atoms with Gasteiger partial charge in [0.1, 0.15) is 0 Å². The lowest BCUT2D eigenvalue weighted by atomic mass is 10.1. The van der Waals surface area contributed by atoms with Crippen molar-refractivity contribution in [1.82, 2.24) is 9.38 Å². The van der Waals surface area contributed by atoms with Gasteiger partial charge in [-0.2, -0.15) is 0 Å². The number of aromatic nitrogens is 2. The van der Waals surface area contributed by atoms with Crippen LogP contribution in [0.2, 0.25) is 0 Å². The van der Waals surface area contributed by atoms with Gasteiger partial charge in [-0.05, 0) is 24.5 Å². The first-order valence-corrected chi connectivity index (χ1v) is 6.63. The largest absolute Gasteiger partial charge is 0.290 e. The van der Waals surface area contributed by atoms with Crippen molar-refractivity contribution in [1.29, 1.82) is 0 Å². The quantitative estimate of drug-likeness (QED) is 0.665. The average Bonchev–Trinajstić information content (AvgIpc) is 2.89. The molecule has 3 rings (SSSR count). The number of fused-ring (bicyclic) bond motifs is 1. The van der Waals surface area contributed by atoms with E-state index in [1.54, 1.807) is 11.3 Å². The third-order valence-corrected chi connectivity index (χ3v) is 4.05.